The molecule has 0 aliphatic heterocycles. The van der Waals surface area contributed by atoms with Gasteiger partial charge in [0, 0.05) is 11.6 Å². The molecule has 0 aliphatic rings. The second-order valence-electron chi connectivity index (χ2n) is 5.77. The van der Waals surface area contributed by atoms with Crippen molar-refractivity contribution < 1.29 is 14.5 Å². The van der Waals surface area contributed by atoms with Crippen molar-refractivity contribution in [2.45, 2.75) is 20.8 Å². The van der Waals surface area contributed by atoms with Gasteiger partial charge in [-0.15, -0.1) is 0 Å². The SMILES string of the molecule is CCOc1ccc(C(=O)Nc2nc3c(C)cc(C)cc3s2)cc1[N+](=O)[O-]. The van der Waals surface area contributed by atoms with E-state index in [2.05, 4.69) is 10.3 Å². The molecular formula is C18H17N3O4S. The third kappa shape index (κ3) is 3.50. The summed E-state index contributed by atoms with van der Waals surface area (Å²) >= 11 is 1.37. The van der Waals surface area contributed by atoms with Gasteiger partial charge in [0.15, 0.2) is 10.9 Å². The molecule has 7 nitrogen and oxygen atoms in total. The van der Waals surface area contributed by atoms with Gasteiger partial charge in [-0.2, -0.15) is 0 Å². The van der Waals surface area contributed by atoms with E-state index in [0.29, 0.717) is 11.7 Å². The predicted molar refractivity (Wildman–Crippen MR) is 101 cm³/mol. The van der Waals surface area contributed by atoms with Crippen LogP contribution in [-0.2, 0) is 0 Å². The van der Waals surface area contributed by atoms with Crippen LogP contribution in [0.25, 0.3) is 10.2 Å². The molecule has 2 aromatic carbocycles. The average Bonchev–Trinajstić information content (AvgIpc) is 2.97. The van der Waals surface area contributed by atoms with Crippen LogP contribution in [0, 0.1) is 24.0 Å². The fraction of sp³-hybridized carbons (Fsp3) is 0.222. The smallest absolute Gasteiger partial charge is 0.311 e. The first-order valence-electron chi connectivity index (χ1n) is 7.99. The van der Waals surface area contributed by atoms with E-state index in [4.69, 9.17) is 4.74 Å². The van der Waals surface area contributed by atoms with Crippen molar-refractivity contribution in [3.63, 3.8) is 0 Å². The van der Waals surface area contributed by atoms with E-state index in [1.807, 2.05) is 26.0 Å². The molecule has 0 saturated carbocycles. The monoisotopic (exact) mass is 371 g/mol. The van der Waals surface area contributed by atoms with Gasteiger partial charge in [-0.25, -0.2) is 4.98 Å². The number of nitro groups is 1. The highest BCUT2D eigenvalue weighted by Gasteiger charge is 2.19. The van der Waals surface area contributed by atoms with E-state index in [-0.39, 0.29) is 17.0 Å². The zero-order valence-electron chi connectivity index (χ0n) is 14.5. The topological polar surface area (TPSA) is 94.4 Å². The van der Waals surface area contributed by atoms with E-state index in [0.717, 1.165) is 21.3 Å². The van der Waals surface area contributed by atoms with Crippen LogP contribution in [0.2, 0.25) is 0 Å². The number of carbonyl (C=O) groups excluding carboxylic acids is 1. The molecule has 0 unspecified atom stereocenters. The molecule has 1 N–H and O–H groups in total. The number of ether oxygens (including phenoxy) is 1. The highest BCUT2D eigenvalue weighted by atomic mass is 32.1. The predicted octanol–water partition coefficient (Wildman–Crippen LogP) is 4.47. The summed E-state index contributed by atoms with van der Waals surface area (Å²) in [4.78, 5) is 27.6. The minimum absolute atomic E-state index is 0.139. The van der Waals surface area contributed by atoms with Crippen molar-refractivity contribution in [2.24, 2.45) is 0 Å². The Morgan fingerprint density at radius 3 is 2.77 bits per heavy atom. The largest absolute Gasteiger partial charge is 0.487 e. The maximum absolute atomic E-state index is 12.5. The van der Waals surface area contributed by atoms with Crippen molar-refractivity contribution in [2.75, 3.05) is 11.9 Å². The Hall–Kier alpha value is -3.00. The van der Waals surface area contributed by atoms with Gasteiger partial charge < -0.3 is 4.74 Å². The fourth-order valence-corrected chi connectivity index (χ4v) is 3.71. The van der Waals surface area contributed by atoms with Crippen molar-refractivity contribution in [3.8, 4) is 5.75 Å². The number of hydrogen-bond donors (Lipinski definition) is 1. The van der Waals surface area contributed by atoms with E-state index in [9.17, 15) is 14.9 Å². The molecule has 26 heavy (non-hydrogen) atoms. The van der Waals surface area contributed by atoms with Crippen LogP contribution in [0.1, 0.15) is 28.4 Å². The Morgan fingerprint density at radius 2 is 2.08 bits per heavy atom. The number of thiazole rings is 1. The van der Waals surface area contributed by atoms with Crippen molar-refractivity contribution in [3.05, 3.63) is 57.1 Å². The number of aryl methyl sites for hydroxylation is 2. The van der Waals surface area contributed by atoms with Crippen LogP contribution in [-0.4, -0.2) is 22.4 Å². The maximum Gasteiger partial charge on any atom is 0.311 e. The Kier molecular flexibility index (Phi) is 4.85. The number of rotatable bonds is 5. The highest BCUT2D eigenvalue weighted by Crippen LogP contribution is 2.31. The van der Waals surface area contributed by atoms with Crippen LogP contribution in [0.5, 0.6) is 5.75 Å². The summed E-state index contributed by atoms with van der Waals surface area (Å²) in [5, 5.41) is 14.4. The first-order chi connectivity index (χ1) is 12.4. The number of fused-ring (bicyclic) bond motifs is 1. The zero-order chi connectivity index (χ0) is 18.8. The minimum Gasteiger partial charge on any atom is -0.487 e. The Bertz CT molecular complexity index is 1010. The lowest BCUT2D eigenvalue weighted by molar-refractivity contribution is -0.385. The van der Waals surface area contributed by atoms with Crippen LogP contribution in [0.15, 0.2) is 30.3 Å². The standard InChI is InChI=1S/C18H17N3O4S/c1-4-25-14-6-5-12(9-13(14)21(23)24)17(22)20-18-19-16-11(3)7-10(2)8-15(16)26-18/h5-9H,4H2,1-3H3,(H,19,20,22). The number of benzene rings is 2. The number of aromatic nitrogens is 1. The molecule has 0 atom stereocenters. The summed E-state index contributed by atoms with van der Waals surface area (Å²) in [6, 6.07) is 8.18. The van der Waals surface area contributed by atoms with Gasteiger partial charge in [-0.05, 0) is 50.1 Å². The fourth-order valence-electron chi connectivity index (χ4n) is 2.67. The van der Waals surface area contributed by atoms with E-state index in [1.165, 1.54) is 29.5 Å². The number of amides is 1. The van der Waals surface area contributed by atoms with E-state index >= 15 is 0 Å². The number of nitrogens with zero attached hydrogens (tertiary/aromatic N) is 2. The molecule has 134 valence electrons. The number of nitrogens with one attached hydrogen (secondary N) is 1. The Labute approximate surface area is 153 Å². The lowest BCUT2D eigenvalue weighted by Gasteiger charge is -2.06. The molecule has 3 aromatic rings. The molecule has 1 heterocycles. The lowest BCUT2D eigenvalue weighted by atomic mass is 10.1. The lowest BCUT2D eigenvalue weighted by Crippen LogP contribution is -2.12. The summed E-state index contributed by atoms with van der Waals surface area (Å²) in [6.45, 7) is 6.01. The first-order valence-corrected chi connectivity index (χ1v) is 8.81. The average molecular weight is 371 g/mol. The normalized spacial score (nSPS) is 10.7. The van der Waals surface area contributed by atoms with Crippen LogP contribution < -0.4 is 10.1 Å². The van der Waals surface area contributed by atoms with E-state index in [1.54, 1.807) is 6.92 Å². The summed E-state index contributed by atoms with van der Waals surface area (Å²) < 4.78 is 6.21. The number of carbonyl (C=O) groups is 1. The molecule has 0 saturated heterocycles. The van der Waals surface area contributed by atoms with Crippen LogP contribution in [0.3, 0.4) is 0 Å². The first kappa shape index (κ1) is 17.8. The molecule has 1 aromatic heterocycles. The van der Waals surface area contributed by atoms with Gasteiger partial charge in [-0.3, -0.25) is 20.2 Å². The molecule has 0 aliphatic carbocycles. The molecule has 0 fully saturated rings. The van der Waals surface area contributed by atoms with Crippen molar-refractivity contribution in [1.29, 1.82) is 0 Å². The molecule has 0 bridgehead atoms. The van der Waals surface area contributed by atoms with Gasteiger partial charge >= 0.3 is 5.69 Å². The second-order valence-corrected chi connectivity index (χ2v) is 6.80. The Morgan fingerprint density at radius 1 is 1.31 bits per heavy atom. The van der Waals surface area contributed by atoms with Gasteiger partial charge in [0.25, 0.3) is 5.91 Å². The Balaban J connectivity index is 1.89. The molecule has 8 heteroatoms. The van der Waals surface area contributed by atoms with Crippen molar-refractivity contribution >= 4 is 38.3 Å². The minimum atomic E-state index is -0.564. The van der Waals surface area contributed by atoms with Crippen molar-refractivity contribution in [1.82, 2.24) is 4.98 Å². The van der Waals surface area contributed by atoms with Gasteiger partial charge in [0.1, 0.15) is 0 Å². The number of hydrogen-bond acceptors (Lipinski definition) is 6. The molecule has 1 amide bonds. The summed E-state index contributed by atoms with van der Waals surface area (Å²) in [6.07, 6.45) is 0. The molecule has 3 rings (SSSR count). The van der Waals surface area contributed by atoms with Gasteiger partial charge in [0.2, 0.25) is 0 Å². The van der Waals surface area contributed by atoms with Gasteiger partial charge in [-0.1, -0.05) is 17.4 Å². The maximum atomic E-state index is 12.5. The van der Waals surface area contributed by atoms with Crippen LogP contribution in [0.4, 0.5) is 10.8 Å². The molecule has 0 spiro atoms. The van der Waals surface area contributed by atoms with E-state index < -0.39 is 10.8 Å². The summed E-state index contributed by atoms with van der Waals surface area (Å²) in [5.41, 5.74) is 2.93. The third-order valence-corrected chi connectivity index (χ3v) is 4.69. The number of nitro benzene ring substituents is 1. The zero-order valence-corrected chi connectivity index (χ0v) is 15.3. The molecule has 0 radical (unpaired) electrons. The number of anilines is 1. The quantitative estimate of drug-likeness (QED) is 0.527. The third-order valence-electron chi connectivity index (χ3n) is 3.77. The molecular weight excluding hydrogens is 354 g/mol. The highest BCUT2D eigenvalue weighted by molar-refractivity contribution is 7.22. The summed E-state index contributed by atoms with van der Waals surface area (Å²) in [7, 11) is 0. The van der Waals surface area contributed by atoms with Crippen LogP contribution >= 0.6 is 11.3 Å². The second kappa shape index (κ2) is 7.09. The summed E-state index contributed by atoms with van der Waals surface area (Å²) in [5.74, 6) is -0.315. The van der Waals surface area contributed by atoms with Gasteiger partial charge in [0.05, 0.1) is 21.7 Å².